The lowest BCUT2D eigenvalue weighted by atomic mass is 9.97. The summed E-state index contributed by atoms with van der Waals surface area (Å²) in [4.78, 5) is 30.9. The highest BCUT2D eigenvalue weighted by molar-refractivity contribution is 5.76. The number of hydrogen-bond acceptors (Lipinski definition) is 6. The van der Waals surface area contributed by atoms with Gasteiger partial charge in [0.1, 0.15) is 0 Å². The molecule has 0 aliphatic carbocycles. The first-order valence-corrected chi connectivity index (χ1v) is 9.34. The van der Waals surface area contributed by atoms with Crippen molar-refractivity contribution in [3.63, 3.8) is 0 Å². The van der Waals surface area contributed by atoms with Crippen LogP contribution in [0.3, 0.4) is 0 Å². The number of piperidine rings is 1. The summed E-state index contributed by atoms with van der Waals surface area (Å²) in [6, 6.07) is 5.13. The maximum Gasteiger partial charge on any atom is 0.250 e. The lowest BCUT2D eigenvalue weighted by Gasteiger charge is -2.31. The summed E-state index contributed by atoms with van der Waals surface area (Å²) in [5.74, 6) is 1.34. The molecule has 8 nitrogen and oxygen atoms in total. The van der Waals surface area contributed by atoms with Gasteiger partial charge in [0.2, 0.25) is 11.8 Å². The smallest absolute Gasteiger partial charge is 0.250 e. The van der Waals surface area contributed by atoms with Gasteiger partial charge in [-0.2, -0.15) is 4.98 Å². The van der Waals surface area contributed by atoms with Crippen molar-refractivity contribution in [2.75, 3.05) is 26.8 Å². The van der Waals surface area contributed by atoms with Crippen molar-refractivity contribution in [3.8, 4) is 0 Å². The number of likely N-dealkylation sites (tertiary alicyclic amines) is 1. The van der Waals surface area contributed by atoms with Crippen LogP contribution in [0.15, 0.2) is 27.5 Å². The van der Waals surface area contributed by atoms with Gasteiger partial charge in [-0.3, -0.25) is 9.59 Å². The van der Waals surface area contributed by atoms with E-state index in [0.717, 1.165) is 25.1 Å². The van der Waals surface area contributed by atoms with Gasteiger partial charge in [0, 0.05) is 51.3 Å². The molecule has 0 spiro atoms. The van der Waals surface area contributed by atoms with Crippen LogP contribution in [0.25, 0.3) is 0 Å². The SMILES string of the molecule is COCCc1noc([C@@H]2CCCN(C(=O)CCn3c(C)cccc3=O)C2)n1. The normalized spacial score (nSPS) is 17.3. The summed E-state index contributed by atoms with van der Waals surface area (Å²) < 4.78 is 12.1. The predicted octanol–water partition coefficient (Wildman–Crippen LogP) is 1.52. The highest BCUT2D eigenvalue weighted by Gasteiger charge is 2.28. The second-order valence-electron chi connectivity index (χ2n) is 6.88. The van der Waals surface area contributed by atoms with Crippen LogP contribution in [0.1, 0.15) is 42.6 Å². The molecule has 1 amide bonds. The van der Waals surface area contributed by atoms with Crippen LogP contribution in [-0.4, -0.2) is 52.3 Å². The van der Waals surface area contributed by atoms with Crippen molar-refractivity contribution in [1.29, 1.82) is 0 Å². The Hall–Kier alpha value is -2.48. The van der Waals surface area contributed by atoms with Crippen molar-refractivity contribution < 1.29 is 14.1 Å². The van der Waals surface area contributed by atoms with Crippen molar-refractivity contribution in [1.82, 2.24) is 19.6 Å². The molecule has 1 aliphatic rings. The van der Waals surface area contributed by atoms with Crippen molar-refractivity contribution in [3.05, 3.63) is 46.0 Å². The zero-order chi connectivity index (χ0) is 19.2. The Labute approximate surface area is 158 Å². The highest BCUT2D eigenvalue weighted by Crippen LogP contribution is 2.26. The molecule has 146 valence electrons. The average molecular weight is 374 g/mol. The molecule has 1 fully saturated rings. The maximum absolute atomic E-state index is 12.6. The Morgan fingerprint density at radius 2 is 2.26 bits per heavy atom. The molecule has 0 bridgehead atoms. The van der Waals surface area contributed by atoms with Gasteiger partial charge in [-0.25, -0.2) is 0 Å². The molecule has 8 heteroatoms. The number of carbonyl (C=O) groups is 1. The molecular formula is C19H26N4O4. The Balaban J connectivity index is 1.58. The molecular weight excluding hydrogens is 348 g/mol. The molecule has 0 aromatic carbocycles. The van der Waals surface area contributed by atoms with E-state index in [0.29, 0.717) is 44.3 Å². The van der Waals surface area contributed by atoms with Crippen LogP contribution in [0.5, 0.6) is 0 Å². The zero-order valence-electron chi connectivity index (χ0n) is 15.9. The fourth-order valence-corrected chi connectivity index (χ4v) is 3.41. The largest absolute Gasteiger partial charge is 0.384 e. The number of methoxy groups -OCH3 is 1. The Bertz CT molecular complexity index is 829. The molecule has 1 atom stereocenters. The van der Waals surface area contributed by atoms with E-state index in [1.165, 1.54) is 6.07 Å². The van der Waals surface area contributed by atoms with Gasteiger partial charge in [-0.1, -0.05) is 11.2 Å². The molecule has 3 rings (SSSR count). The number of nitrogens with zero attached hydrogens (tertiary/aromatic N) is 4. The van der Waals surface area contributed by atoms with E-state index in [-0.39, 0.29) is 17.4 Å². The zero-order valence-corrected chi connectivity index (χ0v) is 15.9. The maximum atomic E-state index is 12.6. The molecule has 1 aliphatic heterocycles. The fraction of sp³-hybridized carbons (Fsp3) is 0.579. The Morgan fingerprint density at radius 3 is 3.04 bits per heavy atom. The van der Waals surface area contributed by atoms with Crippen LogP contribution >= 0.6 is 0 Å². The summed E-state index contributed by atoms with van der Waals surface area (Å²) in [6.07, 6.45) is 2.74. The van der Waals surface area contributed by atoms with Crippen molar-refractivity contribution in [2.24, 2.45) is 0 Å². The number of hydrogen-bond donors (Lipinski definition) is 0. The van der Waals surface area contributed by atoms with Crippen LogP contribution < -0.4 is 5.56 Å². The number of pyridine rings is 1. The number of amides is 1. The molecule has 0 unspecified atom stereocenters. The lowest BCUT2D eigenvalue weighted by Crippen LogP contribution is -2.40. The molecule has 27 heavy (non-hydrogen) atoms. The van der Waals surface area contributed by atoms with E-state index in [9.17, 15) is 9.59 Å². The van der Waals surface area contributed by atoms with Crippen LogP contribution in [0.4, 0.5) is 0 Å². The summed E-state index contributed by atoms with van der Waals surface area (Å²) in [5.41, 5.74) is 0.787. The summed E-state index contributed by atoms with van der Waals surface area (Å²) in [5, 5.41) is 3.99. The van der Waals surface area contributed by atoms with Gasteiger partial charge in [0.05, 0.1) is 12.5 Å². The minimum Gasteiger partial charge on any atom is -0.384 e. The van der Waals surface area contributed by atoms with Crippen LogP contribution in [-0.2, 0) is 22.5 Å². The third kappa shape index (κ3) is 4.82. The summed E-state index contributed by atoms with van der Waals surface area (Å²) in [7, 11) is 1.64. The van der Waals surface area contributed by atoms with Gasteiger partial charge in [0.25, 0.3) is 5.56 Å². The minimum absolute atomic E-state index is 0.0500. The number of rotatable bonds is 7. The predicted molar refractivity (Wildman–Crippen MR) is 98.5 cm³/mol. The van der Waals surface area contributed by atoms with E-state index in [4.69, 9.17) is 9.26 Å². The first-order valence-electron chi connectivity index (χ1n) is 9.34. The summed E-state index contributed by atoms with van der Waals surface area (Å²) >= 11 is 0. The third-order valence-electron chi connectivity index (χ3n) is 4.95. The highest BCUT2D eigenvalue weighted by atomic mass is 16.5. The van der Waals surface area contributed by atoms with Crippen molar-refractivity contribution >= 4 is 5.91 Å². The summed E-state index contributed by atoms with van der Waals surface area (Å²) in [6.45, 7) is 4.12. The monoisotopic (exact) mass is 374 g/mol. The van der Waals surface area contributed by atoms with E-state index in [1.807, 2.05) is 17.9 Å². The van der Waals surface area contributed by atoms with E-state index in [1.54, 1.807) is 17.7 Å². The Morgan fingerprint density at radius 1 is 1.41 bits per heavy atom. The van der Waals surface area contributed by atoms with Gasteiger partial charge in [0.15, 0.2) is 5.82 Å². The first kappa shape index (κ1) is 19.3. The van der Waals surface area contributed by atoms with Crippen LogP contribution in [0.2, 0.25) is 0 Å². The molecule has 0 saturated carbocycles. The second-order valence-corrected chi connectivity index (χ2v) is 6.88. The number of aromatic nitrogens is 3. The van der Waals surface area contributed by atoms with Gasteiger partial charge in [-0.05, 0) is 25.8 Å². The Kier molecular flexibility index (Phi) is 6.39. The standard InChI is InChI=1S/C19H26N4O4/c1-14-5-3-7-18(25)23(14)11-8-17(24)22-10-4-6-15(13-22)19-20-16(21-27-19)9-12-26-2/h3,5,7,15H,4,6,8-13H2,1-2H3/t15-/m1/s1. The van der Waals surface area contributed by atoms with Gasteiger partial charge in [-0.15, -0.1) is 0 Å². The quantitative estimate of drug-likeness (QED) is 0.730. The molecule has 3 heterocycles. The third-order valence-corrected chi connectivity index (χ3v) is 4.95. The van der Waals surface area contributed by atoms with Crippen molar-refractivity contribution in [2.45, 2.75) is 45.1 Å². The molecule has 0 N–H and O–H groups in total. The number of aryl methyl sites for hydroxylation is 1. The topological polar surface area (TPSA) is 90.5 Å². The lowest BCUT2D eigenvalue weighted by molar-refractivity contribution is -0.132. The van der Waals surface area contributed by atoms with Gasteiger partial charge >= 0.3 is 0 Å². The first-order chi connectivity index (χ1) is 13.1. The average Bonchev–Trinajstić information content (AvgIpc) is 3.15. The van der Waals surface area contributed by atoms with E-state index in [2.05, 4.69) is 10.1 Å². The second kappa shape index (κ2) is 8.94. The fourth-order valence-electron chi connectivity index (χ4n) is 3.41. The van der Waals surface area contributed by atoms with E-state index >= 15 is 0 Å². The van der Waals surface area contributed by atoms with Gasteiger partial charge < -0.3 is 18.7 Å². The number of carbonyl (C=O) groups excluding carboxylic acids is 1. The van der Waals surface area contributed by atoms with E-state index < -0.39 is 0 Å². The van der Waals surface area contributed by atoms with Crippen LogP contribution in [0, 0.1) is 6.92 Å². The minimum atomic E-state index is -0.0752. The molecule has 0 radical (unpaired) electrons. The molecule has 2 aromatic heterocycles. The number of ether oxygens (including phenoxy) is 1. The molecule has 2 aromatic rings. The molecule has 1 saturated heterocycles.